The highest BCUT2D eigenvalue weighted by Crippen LogP contribution is 2.31. The van der Waals surface area contributed by atoms with E-state index in [0.29, 0.717) is 4.88 Å². The van der Waals surface area contributed by atoms with Gasteiger partial charge in [0.2, 0.25) is 0 Å². The molecule has 2 aromatic rings. The Morgan fingerprint density at radius 3 is 2.27 bits per heavy atom. The Kier molecular flexibility index (Phi) is 6.55. The first-order valence-electron chi connectivity index (χ1n) is 8.14. The fourth-order valence-corrected chi connectivity index (χ4v) is 5.11. The fraction of sp³-hybridized carbons (Fsp3) is 0.333. The summed E-state index contributed by atoms with van der Waals surface area (Å²) in [5.74, 6) is -1.63. The Labute approximate surface area is 157 Å². The van der Waals surface area contributed by atoms with Crippen molar-refractivity contribution in [1.82, 2.24) is 10.6 Å². The van der Waals surface area contributed by atoms with Crippen LogP contribution in [0.4, 0.5) is 0 Å². The molecule has 0 bridgehead atoms. The summed E-state index contributed by atoms with van der Waals surface area (Å²) in [7, 11) is -3.72. The van der Waals surface area contributed by atoms with Crippen molar-refractivity contribution in [2.75, 3.05) is 6.54 Å². The Bertz CT molecular complexity index is 857. The quantitative estimate of drug-likeness (QED) is 0.735. The van der Waals surface area contributed by atoms with Crippen LogP contribution in [0.1, 0.15) is 29.5 Å². The van der Waals surface area contributed by atoms with Crippen LogP contribution in [0.3, 0.4) is 0 Å². The highest BCUT2D eigenvalue weighted by atomic mass is 32.2. The SMILES string of the molecule is Cc1ccc(S(=O)(=O)C(CNC(=O)C(=O)NC(C)C)c2cccs2)cc1. The van der Waals surface area contributed by atoms with Gasteiger partial charge in [-0.3, -0.25) is 9.59 Å². The average molecular weight is 395 g/mol. The lowest BCUT2D eigenvalue weighted by molar-refractivity contribution is -0.139. The third-order valence-electron chi connectivity index (χ3n) is 3.66. The zero-order valence-corrected chi connectivity index (χ0v) is 16.5. The van der Waals surface area contributed by atoms with E-state index in [1.807, 2.05) is 6.92 Å². The molecule has 0 fully saturated rings. The van der Waals surface area contributed by atoms with Crippen LogP contribution in [0.2, 0.25) is 0 Å². The van der Waals surface area contributed by atoms with Gasteiger partial charge in [-0.1, -0.05) is 23.8 Å². The number of carbonyl (C=O) groups is 2. The summed E-state index contributed by atoms with van der Waals surface area (Å²) in [6.07, 6.45) is 0. The number of benzene rings is 1. The largest absolute Gasteiger partial charge is 0.346 e. The first-order valence-corrected chi connectivity index (χ1v) is 10.6. The number of thiophene rings is 1. The molecular formula is C18H22N2O4S2. The molecule has 2 rings (SSSR count). The minimum absolute atomic E-state index is 0.179. The van der Waals surface area contributed by atoms with Gasteiger partial charge in [-0.05, 0) is 44.4 Å². The van der Waals surface area contributed by atoms with Crippen molar-refractivity contribution in [3.63, 3.8) is 0 Å². The van der Waals surface area contributed by atoms with Crippen molar-refractivity contribution in [3.8, 4) is 0 Å². The molecule has 1 unspecified atom stereocenters. The number of carbonyl (C=O) groups excluding carboxylic acids is 2. The number of hydrogen-bond acceptors (Lipinski definition) is 5. The molecule has 8 heteroatoms. The minimum Gasteiger partial charge on any atom is -0.346 e. The van der Waals surface area contributed by atoms with Crippen LogP contribution in [0.5, 0.6) is 0 Å². The van der Waals surface area contributed by atoms with E-state index in [1.54, 1.807) is 55.6 Å². The van der Waals surface area contributed by atoms with Crippen molar-refractivity contribution in [2.45, 2.75) is 37.0 Å². The predicted octanol–water partition coefficient (Wildman–Crippen LogP) is 2.21. The summed E-state index contributed by atoms with van der Waals surface area (Å²) < 4.78 is 26.1. The van der Waals surface area contributed by atoms with Gasteiger partial charge in [-0.2, -0.15) is 0 Å². The number of sulfone groups is 1. The molecule has 1 aromatic heterocycles. The van der Waals surface area contributed by atoms with Gasteiger partial charge in [0.15, 0.2) is 9.84 Å². The normalized spacial score (nSPS) is 12.6. The smallest absolute Gasteiger partial charge is 0.309 e. The molecule has 0 aliphatic carbocycles. The van der Waals surface area contributed by atoms with Gasteiger partial charge < -0.3 is 10.6 Å². The number of aryl methyl sites for hydroxylation is 1. The second-order valence-electron chi connectivity index (χ2n) is 6.20. The molecule has 1 aromatic carbocycles. The molecule has 26 heavy (non-hydrogen) atoms. The Morgan fingerprint density at radius 2 is 1.73 bits per heavy atom. The number of nitrogens with one attached hydrogen (secondary N) is 2. The second-order valence-corrected chi connectivity index (χ2v) is 9.31. The van der Waals surface area contributed by atoms with Crippen LogP contribution in [0, 0.1) is 6.92 Å². The average Bonchev–Trinajstić information content (AvgIpc) is 3.08. The highest BCUT2D eigenvalue weighted by molar-refractivity contribution is 7.91. The Balaban J connectivity index is 2.24. The zero-order chi connectivity index (χ0) is 19.3. The first kappa shape index (κ1) is 20.1. The van der Waals surface area contributed by atoms with Crippen LogP contribution in [-0.2, 0) is 19.4 Å². The summed E-state index contributed by atoms with van der Waals surface area (Å²) in [5.41, 5.74) is 0.954. The molecule has 0 spiro atoms. The van der Waals surface area contributed by atoms with E-state index in [0.717, 1.165) is 5.56 Å². The summed E-state index contributed by atoms with van der Waals surface area (Å²) in [6, 6.07) is 9.85. The molecule has 1 atom stereocenters. The van der Waals surface area contributed by atoms with Gasteiger partial charge >= 0.3 is 11.8 Å². The van der Waals surface area contributed by atoms with Gasteiger partial charge in [-0.25, -0.2) is 8.42 Å². The molecule has 0 aliphatic heterocycles. The van der Waals surface area contributed by atoms with Gasteiger partial charge in [0.05, 0.1) is 4.90 Å². The molecule has 140 valence electrons. The van der Waals surface area contributed by atoms with Crippen LogP contribution >= 0.6 is 11.3 Å². The third-order valence-corrected chi connectivity index (χ3v) is 6.89. The number of amides is 2. The van der Waals surface area contributed by atoms with Crippen LogP contribution in [0.25, 0.3) is 0 Å². The Morgan fingerprint density at radius 1 is 1.08 bits per heavy atom. The van der Waals surface area contributed by atoms with Gasteiger partial charge in [0.1, 0.15) is 5.25 Å². The Hall–Kier alpha value is -2.19. The monoisotopic (exact) mass is 394 g/mol. The molecule has 2 amide bonds. The minimum atomic E-state index is -3.72. The molecular weight excluding hydrogens is 372 g/mol. The summed E-state index contributed by atoms with van der Waals surface area (Å²) in [6.45, 7) is 5.17. The van der Waals surface area contributed by atoms with Crippen LogP contribution in [-0.4, -0.2) is 32.8 Å². The van der Waals surface area contributed by atoms with E-state index >= 15 is 0 Å². The van der Waals surface area contributed by atoms with Crippen molar-refractivity contribution >= 4 is 33.0 Å². The maximum Gasteiger partial charge on any atom is 0.309 e. The predicted molar refractivity (Wildman–Crippen MR) is 102 cm³/mol. The number of hydrogen-bond donors (Lipinski definition) is 2. The van der Waals surface area contributed by atoms with Crippen molar-refractivity contribution in [2.24, 2.45) is 0 Å². The van der Waals surface area contributed by atoms with Gasteiger partial charge in [0, 0.05) is 17.5 Å². The maximum atomic E-state index is 13.1. The second kappa shape index (κ2) is 8.46. The third kappa shape index (κ3) is 4.92. The van der Waals surface area contributed by atoms with Crippen LogP contribution in [0.15, 0.2) is 46.7 Å². The van der Waals surface area contributed by atoms with Crippen molar-refractivity contribution < 1.29 is 18.0 Å². The lowest BCUT2D eigenvalue weighted by Gasteiger charge is -2.18. The summed E-state index contributed by atoms with van der Waals surface area (Å²) in [5, 5.41) is 5.74. The van der Waals surface area contributed by atoms with E-state index in [4.69, 9.17) is 0 Å². The lowest BCUT2D eigenvalue weighted by Crippen LogP contribution is -2.44. The maximum absolute atomic E-state index is 13.1. The van der Waals surface area contributed by atoms with E-state index in [9.17, 15) is 18.0 Å². The fourth-order valence-electron chi connectivity index (χ4n) is 2.32. The highest BCUT2D eigenvalue weighted by Gasteiger charge is 2.31. The first-order chi connectivity index (χ1) is 12.2. The van der Waals surface area contributed by atoms with Gasteiger partial charge in [0.25, 0.3) is 0 Å². The lowest BCUT2D eigenvalue weighted by atomic mass is 10.2. The molecule has 0 saturated carbocycles. The van der Waals surface area contributed by atoms with E-state index in [-0.39, 0.29) is 17.5 Å². The summed E-state index contributed by atoms with van der Waals surface area (Å²) >= 11 is 1.30. The molecule has 0 radical (unpaired) electrons. The topological polar surface area (TPSA) is 92.3 Å². The molecule has 0 saturated heterocycles. The standard InChI is InChI=1S/C18H22N2O4S2/c1-12(2)20-18(22)17(21)19-11-16(15-5-4-10-25-15)26(23,24)14-8-6-13(3)7-9-14/h4-10,12,16H,11H2,1-3H3,(H,19,21)(H,20,22). The molecule has 1 heterocycles. The van der Waals surface area contributed by atoms with Gasteiger partial charge in [-0.15, -0.1) is 11.3 Å². The molecule has 0 aliphatic rings. The van der Waals surface area contributed by atoms with Crippen molar-refractivity contribution in [1.29, 1.82) is 0 Å². The zero-order valence-electron chi connectivity index (χ0n) is 14.9. The van der Waals surface area contributed by atoms with Crippen LogP contribution < -0.4 is 10.6 Å². The number of rotatable bonds is 6. The molecule has 2 N–H and O–H groups in total. The molecule has 6 nitrogen and oxygen atoms in total. The summed E-state index contributed by atoms with van der Waals surface area (Å²) in [4.78, 5) is 24.5. The van der Waals surface area contributed by atoms with E-state index in [2.05, 4.69) is 10.6 Å². The van der Waals surface area contributed by atoms with Crippen molar-refractivity contribution in [3.05, 3.63) is 52.2 Å². The van der Waals surface area contributed by atoms with E-state index in [1.165, 1.54) is 11.3 Å². The van der Waals surface area contributed by atoms with E-state index < -0.39 is 26.9 Å².